The van der Waals surface area contributed by atoms with Gasteiger partial charge in [-0.05, 0) is 85.4 Å². The highest BCUT2D eigenvalue weighted by Gasteiger charge is 2.21. The van der Waals surface area contributed by atoms with E-state index < -0.39 is 0 Å². The number of benzene rings is 2. The van der Waals surface area contributed by atoms with E-state index in [2.05, 4.69) is 66.7 Å². The molecule has 1 fully saturated rings. The fraction of sp³-hybridized carbons (Fsp3) is 0.321. The molecule has 0 amide bonds. The Bertz CT molecular complexity index is 1020. The standard InChI is InChI=1S/C28H25N/c1-2-6-23-14-18-27(19-15-23)28-20-16-26(17-21-28)13-12-25-10-8-24(9-11-25)7-4-3-5-22-29/h8-11,16-17,20-21,23,27H,2,6,14-15,18-19H2,1H3. The predicted octanol–water partition coefficient (Wildman–Crippen LogP) is 6.04. The number of nitrogens with zero attached hydrogens (tertiary/aromatic N) is 1. The molecule has 1 nitrogen and oxygen atoms in total. The molecule has 0 bridgehead atoms. The normalized spacial score (nSPS) is 17.4. The zero-order valence-electron chi connectivity index (χ0n) is 17.0. The third kappa shape index (κ3) is 6.32. The second-order valence-electron chi connectivity index (χ2n) is 7.57. The highest BCUT2D eigenvalue weighted by Crippen LogP contribution is 2.37. The lowest BCUT2D eigenvalue weighted by Gasteiger charge is -2.28. The number of hydrogen-bond acceptors (Lipinski definition) is 1. The molecule has 0 heterocycles. The van der Waals surface area contributed by atoms with Crippen LogP contribution in [0.5, 0.6) is 0 Å². The van der Waals surface area contributed by atoms with Crippen molar-refractivity contribution in [2.75, 3.05) is 0 Å². The first-order chi connectivity index (χ1) is 14.3. The molecular formula is C28H25N. The molecule has 0 unspecified atom stereocenters. The average Bonchev–Trinajstić information content (AvgIpc) is 2.77. The SMILES string of the molecule is CCCC1CCC(c2ccc(C#Cc3ccc(C#CC#CC#N)cc3)cc2)CC1. The zero-order valence-corrected chi connectivity index (χ0v) is 17.0. The van der Waals surface area contributed by atoms with E-state index in [0.29, 0.717) is 0 Å². The van der Waals surface area contributed by atoms with Gasteiger partial charge >= 0.3 is 0 Å². The summed E-state index contributed by atoms with van der Waals surface area (Å²) in [5.74, 6) is 18.4. The van der Waals surface area contributed by atoms with Crippen molar-refractivity contribution in [3.05, 3.63) is 70.8 Å². The maximum Gasteiger partial charge on any atom is 0.153 e. The minimum atomic E-state index is 0.719. The van der Waals surface area contributed by atoms with Gasteiger partial charge in [0.15, 0.2) is 6.07 Å². The largest absolute Gasteiger partial charge is 0.183 e. The molecule has 0 atom stereocenters. The van der Waals surface area contributed by atoms with Crippen LogP contribution in [0, 0.1) is 52.8 Å². The van der Waals surface area contributed by atoms with Crippen LogP contribution in [0.3, 0.4) is 0 Å². The van der Waals surface area contributed by atoms with Gasteiger partial charge in [0, 0.05) is 28.5 Å². The van der Waals surface area contributed by atoms with Crippen molar-refractivity contribution in [3.8, 4) is 41.6 Å². The lowest BCUT2D eigenvalue weighted by atomic mass is 9.77. The second kappa shape index (κ2) is 10.8. The molecular weight excluding hydrogens is 350 g/mol. The third-order valence-corrected chi connectivity index (χ3v) is 5.55. The van der Waals surface area contributed by atoms with Gasteiger partial charge in [-0.2, -0.15) is 5.26 Å². The van der Waals surface area contributed by atoms with Crippen molar-refractivity contribution in [1.82, 2.24) is 0 Å². The van der Waals surface area contributed by atoms with Gasteiger partial charge in [-0.1, -0.05) is 49.7 Å². The van der Waals surface area contributed by atoms with Crippen molar-refractivity contribution in [2.24, 2.45) is 5.92 Å². The minimum Gasteiger partial charge on any atom is -0.183 e. The summed E-state index contributed by atoms with van der Waals surface area (Å²) < 4.78 is 0. The highest BCUT2D eigenvalue weighted by atomic mass is 14.3. The van der Waals surface area contributed by atoms with E-state index in [1.807, 2.05) is 24.3 Å². The fourth-order valence-electron chi connectivity index (χ4n) is 3.98. The van der Waals surface area contributed by atoms with Gasteiger partial charge in [-0.25, -0.2) is 0 Å². The van der Waals surface area contributed by atoms with Crippen molar-refractivity contribution < 1.29 is 0 Å². The summed E-state index contributed by atoms with van der Waals surface area (Å²) in [6, 6.07) is 18.3. The summed E-state index contributed by atoms with van der Waals surface area (Å²) in [5.41, 5.74) is 4.33. The Hall–Kier alpha value is -3.39. The van der Waals surface area contributed by atoms with Crippen LogP contribution in [0.2, 0.25) is 0 Å². The molecule has 0 aromatic heterocycles. The van der Waals surface area contributed by atoms with Gasteiger partial charge in [0.2, 0.25) is 0 Å². The van der Waals surface area contributed by atoms with Crippen molar-refractivity contribution in [3.63, 3.8) is 0 Å². The zero-order chi connectivity index (χ0) is 20.3. The number of rotatable bonds is 3. The fourth-order valence-corrected chi connectivity index (χ4v) is 3.98. The van der Waals surface area contributed by atoms with Gasteiger partial charge in [0.05, 0.1) is 0 Å². The molecule has 29 heavy (non-hydrogen) atoms. The Kier molecular flexibility index (Phi) is 7.59. The Morgan fingerprint density at radius 1 is 0.724 bits per heavy atom. The first-order valence-electron chi connectivity index (χ1n) is 10.4. The monoisotopic (exact) mass is 375 g/mol. The van der Waals surface area contributed by atoms with Crippen LogP contribution in [0.4, 0.5) is 0 Å². The van der Waals surface area contributed by atoms with Gasteiger partial charge in [-0.15, -0.1) is 0 Å². The van der Waals surface area contributed by atoms with E-state index in [1.54, 1.807) is 6.07 Å². The number of hydrogen-bond donors (Lipinski definition) is 0. The quantitative estimate of drug-likeness (QED) is 0.600. The predicted molar refractivity (Wildman–Crippen MR) is 119 cm³/mol. The molecule has 0 saturated heterocycles. The van der Waals surface area contributed by atoms with Gasteiger partial charge in [-0.3, -0.25) is 0 Å². The smallest absolute Gasteiger partial charge is 0.153 e. The molecule has 0 N–H and O–H groups in total. The van der Waals surface area contributed by atoms with Crippen molar-refractivity contribution >= 4 is 0 Å². The summed E-state index contributed by atoms with van der Waals surface area (Å²) in [6.07, 6.45) is 8.12. The summed E-state index contributed by atoms with van der Waals surface area (Å²) in [7, 11) is 0. The molecule has 0 radical (unpaired) electrons. The van der Waals surface area contributed by atoms with Gasteiger partial charge < -0.3 is 0 Å². The van der Waals surface area contributed by atoms with Gasteiger partial charge in [0.25, 0.3) is 0 Å². The molecule has 2 aromatic rings. The first kappa shape index (κ1) is 20.3. The lowest BCUT2D eigenvalue weighted by Crippen LogP contribution is -2.13. The summed E-state index contributed by atoms with van der Waals surface area (Å²) in [5, 5.41) is 8.36. The maximum atomic E-state index is 8.36. The molecule has 1 aliphatic rings. The van der Waals surface area contributed by atoms with Crippen LogP contribution in [0.15, 0.2) is 48.5 Å². The van der Waals surface area contributed by atoms with E-state index in [4.69, 9.17) is 5.26 Å². The molecule has 0 aliphatic heterocycles. The molecule has 0 spiro atoms. The second-order valence-corrected chi connectivity index (χ2v) is 7.57. The van der Waals surface area contributed by atoms with Crippen molar-refractivity contribution in [1.29, 1.82) is 5.26 Å². The Morgan fingerprint density at radius 3 is 1.83 bits per heavy atom. The lowest BCUT2D eigenvalue weighted by molar-refractivity contribution is 0.308. The Labute approximate surface area is 175 Å². The molecule has 2 aromatic carbocycles. The maximum absolute atomic E-state index is 8.36. The van der Waals surface area contributed by atoms with Crippen LogP contribution < -0.4 is 0 Å². The van der Waals surface area contributed by atoms with Crippen LogP contribution in [-0.2, 0) is 0 Å². The first-order valence-corrected chi connectivity index (χ1v) is 10.4. The van der Waals surface area contributed by atoms with Crippen LogP contribution in [0.25, 0.3) is 0 Å². The molecule has 1 aliphatic carbocycles. The Balaban J connectivity index is 1.59. The van der Waals surface area contributed by atoms with E-state index in [-0.39, 0.29) is 0 Å². The average molecular weight is 376 g/mol. The highest BCUT2D eigenvalue weighted by molar-refractivity contribution is 5.47. The summed E-state index contributed by atoms with van der Waals surface area (Å²) in [6.45, 7) is 2.29. The number of nitriles is 1. The molecule has 3 rings (SSSR count). The van der Waals surface area contributed by atoms with Crippen LogP contribution >= 0.6 is 0 Å². The molecule has 1 saturated carbocycles. The van der Waals surface area contributed by atoms with Crippen LogP contribution in [0.1, 0.15) is 73.6 Å². The van der Waals surface area contributed by atoms with Crippen molar-refractivity contribution in [2.45, 2.75) is 51.4 Å². The summed E-state index contributed by atoms with van der Waals surface area (Å²) >= 11 is 0. The summed E-state index contributed by atoms with van der Waals surface area (Å²) in [4.78, 5) is 0. The van der Waals surface area contributed by atoms with E-state index in [0.717, 1.165) is 28.5 Å². The topological polar surface area (TPSA) is 23.8 Å². The third-order valence-electron chi connectivity index (χ3n) is 5.55. The van der Waals surface area contributed by atoms with E-state index in [9.17, 15) is 0 Å². The minimum absolute atomic E-state index is 0.719. The van der Waals surface area contributed by atoms with E-state index >= 15 is 0 Å². The van der Waals surface area contributed by atoms with E-state index in [1.165, 1.54) is 44.1 Å². The van der Waals surface area contributed by atoms with Gasteiger partial charge in [0.1, 0.15) is 0 Å². The Morgan fingerprint density at radius 2 is 1.28 bits per heavy atom. The van der Waals surface area contributed by atoms with Crippen LogP contribution in [-0.4, -0.2) is 0 Å². The molecule has 1 heteroatoms. The molecule has 142 valence electrons.